The maximum atomic E-state index is 11.5. The highest BCUT2D eigenvalue weighted by atomic mass is 35.5. The molecule has 0 saturated heterocycles. The van der Waals surface area contributed by atoms with Gasteiger partial charge in [0, 0.05) is 6.07 Å². The van der Waals surface area contributed by atoms with Crippen LogP contribution in [0.2, 0.25) is 10.0 Å². The smallest absolute Gasteiger partial charge is 0.342 e. The molecule has 0 fully saturated rings. The van der Waals surface area contributed by atoms with Crippen LogP contribution in [0.25, 0.3) is 0 Å². The second-order valence-corrected chi connectivity index (χ2v) is 4.05. The van der Waals surface area contributed by atoms with E-state index in [1.807, 2.05) is 0 Å². The Balaban J connectivity index is 3.04. The van der Waals surface area contributed by atoms with E-state index in [-0.39, 0.29) is 27.5 Å². The Hall–Kier alpha value is -0.930. The van der Waals surface area contributed by atoms with Gasteiger partial charge in [0.25, 0.3) is 0 Å². The molecule has 5 heteroatoms. The fraction of sp³-hybridized carbons (Fsp3) is 0.300. The summed E-state index contributed by atoms with van der Waals surface area (Å²) in [6.45, 7) is 3.43. The van der Waals surface area contributed by atoms with Crippen LogP contribution in [0, 0.1) is 0 Å². The quantitative estimate of drug-likeness (QED) is 0.818. The Morgan fingerprint density at radius 3 is 2.40 bits per heavy atom. The number of hydrogen-bond donors (Lipinski definition) is 1. The van der Waals surface area contributed by atoms with Gasteiger partial charge >= 0.3 is 5.97 Å². The summed E-state index contributed by atoms with van der Waals surface area (Å²) in [6.07, 6.45) is -0.258. The Morgan fingerprint density at radius 1 is 1.33 bits per heavy atom. The van der Waals surface area contributed by atoms with Crippen molar-refractivity contribution >= 4 is 29.2 Å². The van der Waals surface area contributed by atoms with Crippen molar-refractivity contribution in [2.24, 2.45) is 0 Å². The zero-order valence-corrected chi connectivity index (χ0v) is 9.76. The maximum Gasteiger partial charge on any atom is 0.342 e. The van der Waals surface area contributed by atoms with Gasteiger partial charge in [0.15, 0.2) is 0 Å². The second kappa shape index (κ2) is 4.73. The maximum absolute atomic E-state index is 11.5. The Bertz CT molecular complexity index is 388. The lowest BCUT2D eigenvalue weighted by molar-refractivity contribution is 0.0375. The minimum absolute atomic E-state index is 0.0121. The third-order valence-corrected chi connectivity index (χ3v) is 2.32. The number of rotatable bonds is 2. The summed E-state index contributed by atoms with van der Waals surface area (Å²) in [5.74, 6) is -0.865. The van der Waals surface area contributed by atoms with Gasteiger partial charge in [-0.25, -0.2) is 4.79 Å². The van der Waals surface area contributed by atoms with Gasteiger partial charge in [0.05, 0.1) is 16.1 Å². The van der Waals surface area contributed by atoms with Gasteiger partial charge in [0.1, 0.15) is 11.3 Å². The van der Waals surface area contributed by atoms with Gasteiger partial charge in [-0.1, -0.05) is 23.2 Å². The minimum atomic E-state index is -0.624. The molecule has 0 heterocycles. The van der Waals surface area contributed by atoms with Crippen LogP contribution >= 0.6 is 23.2 Å². The zero-order chi connectivity index (χ0) is 11.6. The van der Waals surface area contributed by atoms with Crippen molar-refractivity contribution in [3.63, 3.8) is 0 Å². The first kappa shape index (κ1) is 12.1. The van der Waals surface area contributed by atoms with Crippen LogP contribution < -0.4 is 0 Å². The molecule has 0 aliphatic carbocycles. The summed E-state index contributed by atoms with van der Waals surface area (Å²) in [4.78, 5) is 11.5. The molecule has 0 radical (unpaired) electrons. The summed E-state index contributed by atoms with van der Waals surface area (Å²) in [5, 5.41) is 9.84. The van der Waals surface area contributed by atoms with Crippen LogP contribution in [0.15, 0.2) is 12.1 Å². The van der Waals surface area contributed by atoms with Crippen molar-refractivity contribution in [1.29, 1.82) is 0 Å². The number of carbonyl (C=O) groups excluding carboxylic acids is 1. The van der Waals surface area contributed by atoms with Gasteiger partial charge in [-0.3, -0.25) is 0 Å². The zero-order valence-electron chi connectivity index (χ0n) is 8.25. The van der Waals surface area contributed by atoms with Gasteiger partial charge in [-0.05, 0) is 19.9 Å². The molecular formula is C10H10Cl2O3. The highest BCUT2D eigenvalue weighted by Crippen LogP contribution is 2.30. The lowest BCUT2D eigenvalue weighted by Crippen LogP contribution is -2.11. The van der Waals surface area contributed by atoms with E-state index in [2.05, 4.69) is 0 Å². The van der Waals surface area contributed by atoms with Crippen LogP contribution in [0.3, 0.4) is 0 Å². The number of phenolic OH excluding ortho intramolecular Hbond substituents is 1. The van der Waals surface area contributed by atoms with Crippen LogP contribution in [0.1, 0.15) is 24.2 Å². The molecule has 0 spiro atoms. The number of phenols is 1. The molecule has 1 aromatic carbocycles. The van der Waals surface area contributed by atoms with E-state index in [0.29, 0.717) is 0 Å². The standard InChI is InChI=1S/C10H10Cl2O3/c1-5(2)15-10(14)6-3-7(11)8(12)4-9(6)13/h3-5,13H,1-2H3. The molecule has 0 amide bonds. The first-order valence-corrected chi connectivity index (χ1v) is 5.06. The highest BCUT2D eigenvalue weighted by Gasteiger charge is 2.16. The first-order valence-electron chi connectivity index (χ1n) is 4.30. The van der Waals surface area contributed by atoms with E-state index in [9.17, 15) is 9.90 Å². The van der Waals surface area contributed by atoms with Gasteiger partial charge in [0.2, 0.25) is 0 Å². The van der Waals surface area contributed by atoms with E-state index in [0.717, 1.165) is 0 Å². The predicted molar refractivity (Wildman–Crippen MR) is 58.7 cm³/mol. The van der Waals surface area contributed by atoms with Crippen LogP contribution in [-0.2, 0) is 4.74 Å². The van der Waals surface area contributed by atoms with Crippen LogP contribution in [0.4, 0.5) is 0 Å². The molecule has 0 saturated carbocycles. The number of benzene rings is 1. The predicted octanol–water partition coefficient (Wildman–Crippen LogP) is 3.26. The molecule has 15 heavy (non-hydrogen) atoms. The van der Waals surface area contributed by atoms with Crippen molar-refractivity contribution in [3.8, 4) is 5.75 Å². The van der Waals surface area contributed by atoms with Gasteiger partial charge in [-0.2, -0.15) is 0 Å². The van der Waals surface area contributed by atoms with Crippen molar-refractivity contribution in [2.75, 3.05) is 0 Å². The largest absolute Gasteiger partial charge is 0.507 e. The molecule has 0 bridgehead atoms. The number of halogens is 2. The monoisotopic (exact) mass is 248 g/mol. The third-order valence-electron chi connectivity index (χ3n) is 1.60. The van der Waals surface area contributed by atoms with Crippen molar-refractivity contribution < 1.29 is 14.6 Å². The van der Waals surface area contributed by atoms with Crippen LogP contribution in [-0.4, -0.2) is 17.2 Å². The molecule has 0 atom stereocenters. The van der Waals surface area contributed by atoms with E-state index in [1.165, 1.54) is 12.1 Å². The number of hydrogen-bond acceptors (Lipinski definition) is 3. The molecule has 0 aliphatic rings. The molecule has 0 aromatic heterocycles. The lowest BCUT2D eigenvalue weighted by atomic mass is 10.2. The third kappa shape index (κ3) is 3.01. The lowest BCUT2D eigenvalue weighted by Gasteiger charge is -2.09. The number of esters is 1. The fourth-order valence-corrected chi connectivity index (χ4v) is 1.30. The van der Waals surface area contributed by atoms with Crippen molar-refractivity contribution in [3.05, 3.63) is 27.7 Å². The first-order chi connectivity index (χ1) is 6.91. The number of ether oxygens (including phenoxy) is 1. The van der Waals surface area contributed by atoms with Gasteiger partial charge in [-0.15, -0.1) is 0 Å². The highest BCUT2D eigenvalue weighted by molar-refractivity contribution is 6.42. The van der Waals surface area contributed by atoms with E-state index < -0.39 is 5.97 Å². The molecule has 1 N–H and O–H groups in total. The summed E-state index contributed by atoms with van der Waals surface area (Å²) < 4.78 is 4.91. The van der Waals surface area contributed by atoms with E-state index >= 15 is 0 Å². The summed E-state index contributed by atoms with van der Waals surface area (Å²) in [6, 6.07) is 2.49. The molecule has 0 unspecified atom stereocenters. The molecule has 82 valence electrons. The molecule has 1 rings (SSSR count). The number of carbonyl (C=O) groups is 1. The average Bonchev–Trinajstić information content (AvgIpc) is 2.09. The topological polar surface area (TPSA) is 46.5 Å². The summed E-state index contributed by atoms with van der Waals surface area (Å²) in [7, 11) is 0. The van der Waals surface area contributed by atoms with E-state index in [1.54, 1.807) is 13.8 Å². The molecular weight excluding hydrogens is 239 g/mol. The fourth-order valence-electron chi connectivity index (χ4n) is 0.977. The van der Waals surface area contributed by atoms with E-state index in [4.69, 9.17) is 27.9 Å². The Morgan fingerprint density at radius 2 is 1.87 bits per heavy atom. The van der Waals surface area contributed by atoms with Crippen molar-refractivity contribution in [1.82, 2.24) is 0 Å². The van der Waals surface area contributed by atoms with Crippen LogP contribution in [0.5, 0.6) is 5.75 Å². The molecule has 3 nitrogen and oxygen atoms in total. The molecule has 0 aliphatic heterocycles. The summed E-state index contributed by atoms with van der Waals surface area (Å²) in [5.41, 5.74) is 0.0121. The molecule has 1 aromatic rings. The normalized spacial score (nSPS) is 10.5. The summed E-state index contributed by atoms with van der Waals surface area (Å²) >= 11 is 11.4. The average molecular weight is 249 g/mol. The second-order valence-electron chi connectivity index (χ2n) is 3.24. The van der Waals surface area contributed by atoms with Gasteiger partial charge < -0.3 is 9.84 Å². The van der Waals surface area contributed by atoms with Crippen molar-refractivity contribution in [2.45, 2.75) is 20.0 Å². The SMILES string of the molecule is CC(C)OC(=O)c1cc(Cl)c(Cl)cc1O. The number of aromatic hydroxyl groups is 1. The Labute approximate surface area is 97.6 Å². The minimum Gasteiger partial charge on any atom is -0.507 e. The Kier molecular flexibility index (Phi) is 3.83.